The lowest BCUT2D eigenvalue weighted by Crippen LogP contribution is -2.31. The maximum absolute atomic E-state index is 11.6. The number of hydrogen-bond donors (Lipinski definition) is 2. The number of benzene rings is 1. The quantitative estimate of drug-likeness (QED) is 0.852. The number of rotatable bonds is 4. The molecule has 1 aliphatic rings. The molecule has 19 heavy (non-hydrogen) atoms. The highest BCUT2D eigenvalue weighted by molar-refractivity contribution is 5.74. The number of urea groups is 1. The number of carbonyl (C=O) groups is 1. The van der Waals surface area contributed by atoms with Gasteiger partial charge >= 0.3 is 6.03 Å². The van der Waals surface area contributed by atoms with E-state index >= 15 is 0 Å². The Labute approximate surface area is 115 Å². The molecule has 2 amide bonds. The molecule has 0 heterocycles. The molecule has 1 aromatic rings. The first-order valence-electron chi connectivity index (χ1n) is 7.00. The zero-order valence-corrected chi connectivity index (χ0v) is 11.5. The van der Waals surface area contributed by atoms with Gasteiger partial charge in [-0.15, -0.1) is 0 Å². The zero-order valence-electron chi connectivity index (χ0n) is 11.5. The van der Waals surface area contributed by atoms with Gasteiger partial charge < -0.3 is 10.6 Å². The number of allylic oxidation sites excluding steroid dienone is 1. The van der Waals surface area contributed by atoms with Crippen molar-refractivity contribution < 1.29 is 4.79 Å². The van der Waals surface area contributed by atoms with Crippen LogP contribution >= 0.6 is 0 Å². The molecule has 1 aliphatic carbocycles. The summed E-state index contributed by atoms with van der Waals surface area (Å²) >= 11 is 0. The van der Waals surface area contributed by atoms with Crippen molar-refractivity contribution in [3.63, 3.8) is 0 Å². The Morgan fingerprint density at radius 1 is 1.37 bits per heavy atom. The highest BCUT2D eigenvalue weighted by Gasteiger charge is 2.11. The Morgan fingerprint density at radius 2 is 2.16 bits per heavy atom. The van der Waals surface area contributed by atoms with Crippen LogP contribution in [0, 0.1) is 12.8 Å². The van der Waals surface area contributed by atoms with Gasteiger partial charge in [0.1, 0.15) is 0 Å². The van der Waals surface area contributed by atoms with E-state index in [-0.39, 0.29) is 6.03 Å². The molecule has 2 N–H and O–H groups in total. The van der Waals surface area contributed by atoms with Crippen LogP contribution < -0.4 is 10.6 Å². The first-order valence-corrected chi connectivity index (χ1v) is 7.00. The van der Waals surface area contributed by atoms with Crippen molar-refractivity contribution in [3.8, 4) is 0 Å². The maximum Gasteiger partial charge on any atom is 0.319 e. The number of carbonyl (C=O) groups excluding carboxylic acids is 1. The van der Waals surface area contributed by atoms with E-state index in [2.05, 4.69) is 22.8 Å². The van der Waals surface area contributed by atoms with Crippen LogP contribution in [0.2, 0.25) is 0 Å². The van der Waals surface area contributed by atoms with E-state index in [1.165, 1.54) is 31.2 Å². The summed E-state index contributed by atoms with van der Waals surface area (Å²) in [6.45, 7) is 2.61. The van der Waals surface area contributed by atoms with Crippen LogP contribution in [-0.2, 0) is 6.54 Å². The first kappa shape index (κ1) is 13.7. The van der Waals surface area contributed by atoms with Crippen LogP contribution in [0.3, 0.4) is 0 Å². The molecule has 0 atom stereocenters. The lowest BCUT2D eigenvalue weighted by atomic mass is 10.1. The average molecular weight is 258 g/mol. The Hall–Kier alpha value is -1.77. The second kappa shape index (κ2) is 6.98. The van der Waals surface area contributed by atoms with E-state index in [1.54, 1.807) is 6.20 Å². The van der Waals surface area contributed by atoms with Crippen molar-refractivity contribution in [2.24, 2.45) is 5.92 Å². The van der Waals surface area contributed by atoms with Crippen molar-refractivity contribution in [1.82, 2.24) is 10.6 Å². The molecule has 1 aromatic carbocycles. The molecule has 1 saturated carbocycles. The summed E-state index contributed by atoms with van der Waals surface area (Å²) in [4.78, 5) is 11.6. The summed E-state index contributed by atoms with van der Waals surface area (Å²) in [5, 5.41) is 5.61. The summed E-state index contributed by atoms with van der Waals surface area (Å²) in [6.07, 6.45) is 9.02. The predicted molar refractivity (Wildman–Crippen MR) is 77.6 cm³/mol. The molecule has 0 aromatic heterocycles. The van der Waals surface area contributed by atoms with Crippen LogP contribution in [0.1, 0.15) is 36.8 Å². The third kappa shape index (κ3) is 4.78. The molecule has 0 unspecified atom stereocenters. The molecule has 102 valence electrons. The largest absolute Gasteiger partial charge is 0.334 e. The fraction of sp³-hybridized carbons (Fsp3) is 0.438. The maximum atomic E-state index is 11.6. The summed E-state index contributed by atoms with van der Waals surface area (Å²) < 4.78 is 0. The van der Waals surface area contributed by atoms with Crippen molar-refractivity contribution >= 4 is 6.03 Å². The van der Waals surface area contributed by atoms with E-state index in [4.69, 9.17) is 0 Å². The van der Waals surface area contributed by atoms with Gasteiger partial charge in [0.15, 0.2) is 0 Å². The van der Waals surface area contributed by atoms with Gasteiger partial charge in [-0.05, 0) is 31.2 Å². The average Bonchev–Trinajstić information content (AvgIpc) is 2.90. The topological polar surface area (TPSA) is 41.1 Å². The van der Waals surface area contributed by atoms with Crippen molar-refractivity contribution in [3.05, 3.63) is 47.7 Å². The summed E-state index contributed by atoms with van der Waals surface area (Å²) in [6, 6.07) is 8.00. The zero-order chi connectivity index (χ0) is 13.5. The molecule has 1 fully saturated rings. The molecule has 0 bridgehead atoms. The van der Waals surface area contributed by atoms with E-state index < -0.39 is 0 Å². The van der Waals surface area contributed by atoms with Crippen LogP contribution in [0.5, 0.6) is 0 Å². The lowest BCUT2D eigenvalue weighted by molar-refractivity contribution is 0.243. The van der Waals surface area contributed by atoms with Crippen molar-refractivity contribution in [1.29, 1.82) is 0 Å². The molecule has 0 aliphatic heterocycles. The van der Waals surface area contributed by atoms with Gasteiger partial charge in [0, 0.05) is 12.7 Å². The number of nitrogens with one attached hydrogen (secondary N) is 2. The second-order valence-electron chi connectivity index (χ2n) is 5.22. The van der Waals surface area contributed by atoms with Gasteiger partial charge in [0.2, 0.25) is 0 Å². The normalized spacial score (nSPS) is 15.8. The minimum atomic E-state index is -0.143. The lowest BCUT2D eigenvalue weighted by Gasteiger charge is -2.06. The van der Waals surface area contributed by atoms with Gasteiger partial charge in [-0.25, -0.2) is 4.79 Å². The smallest absolute Gasteiger partial charge is 0.319 e. The van der Waals surface area contributed by atoms with E-state index in [0.717, 1.165) is 5.56 Å². The van der Waals surface area contributed by atoms with Crippen molar-refractivity contribution in [2.75, 3.05) is 0 Å². The second-order valence-corrected chi connectivity index (χ2v) is 5.22. The van der Waals surface area contributed by atoms with Gasteiger partial charge in [-0.3, -0.25) is 0 Å². The highest BCUT2D eigenvalue weighted by Crippen LogP contribution is 2.25. The highest BCUT2D eigenvalue weighted by atomic mass is 16.2. The predicted octanol–water partition coefficient (Wildman–Crippen LogP) is 3.50. The van der Waals surface area contributed by atoms with Crippen LogP contribution in [-0.4, -0.2) is 6.03 Å². The molecular weight excluding hydrogens is 236 g/mol. The first-order chi connectivity index (χ1) is 9.24. The summed E-state index contributed by atoms with van der Waals surface area (Å²) in [5.41, 5.74) is 2.33. The Kier molecular flexibility index (Phi) is 5.01. The molecular formula is C16H22N2O. The third-order valence-corrected chi connectivity index (χ3v) is 3.52. The monoisotopic (exact) mass is 258 g/mol. The van der Waals surface area contributed by atoms with Gasteiger partial charge in [-0.1, -0.05) is 48.7 Å². The Bertz CT molecular complexity index is 448. The van der Waals surface area contributed by atoms with Crippen LogP contribution in [0.25, 0.3) is 0 Å². The SMILES string of the molecule is Cc1cccc(CNC(=O)N/C=C/C2CCCC2)c1. The van der Waals surface area contributed by atoms with E-state index in [1.807, 2.05) is 25.1 Å². The molecule has 3 nitrogen and oxygen atoms in total. The van der Waals surface area contributed by atoms with Gasteiger partial charge in [0.25, 0.3) is 0 Å². The fourth-order valence-electron chi connectivity index (χ4n) is 2.47. The molecule has 3 heteroatoms. The minimum Gasteiger partial charge on any atom is -0.334 e. The molecule has 0 saturated heterocycles. The minimum absolute atomic E-state index is 0.143. The summed E-state index contributed by atoms with van der Waals surface area (Å²) in [7, 11) is 0. The number of hydrogen-bond acceptors (Lipinski definition) is 1. The van der Waals surface area contributed by atoms with Gasteiger partial charge in [0.05, 0.1) is 0 Å². The third-order valence-electron chi connectivity index (χ3n) is 3.52. The molecule has 0 spiro atoms. The van der Waals surface area contributed by atoms with E-state index in [0.29, 0.717) is 12.5 Å². The van der Waals surface area contributed by atoms with Crippen LogP contribution in [0.4, 0.5) is 4.79 Å². The Balaban J connectivity index is 1.69. The standard InChI is InChI=1S/C16H22N2O/c1-13-5-4-8-15(11-13)12-18-16(19)17-10-9-14-6-2-3-7-14/h4-5,8-11,14H,2-3,6-7,12H2,1H3,(H2,17,18,19)/b10-9+. The number of amides is 2. The molecule has 2 rings (SSSR count). The van der Waals surface area contributed by atoms with E-state index in [9.17, 15) is 4.79 Å². The Morgan fingerprint density at radius 3 is 2.89 bits per heavy atom. The van der Waals surface area contributed by atoms with Crippen molar-refractivity contribution in [2.45, 2.75) is 39.2 Å². The summed E-state index contributed by atoms with van der Waals surface area (Å²) in [5.74, 6) is 0.650. The fourth-order valence-corrected chi connectivity index (χ4v) is 2.47. The number of aryl methyl sites for hydroxylation is 1. The van der Waals surface area contributed by atoms with Crippen LogP contribution in [0.15, 0.2) is 36.5 Å². The molecule has 0 radical (unpaired) electrons. The van der Waals surface area contributed by atoms with Gasteiger partial charge in [-0.2, -0.15) is 0 Å².